The van der Waals surface area contributed by atoms with Crippen molar-refractivity contribution in [2.24, 2.45) is 5.41 Å². The fourth-order valence-corrected chi connectivity index (χ4v) is 1.74. The molecule has 2 nitrogen and oxygen atoms in total. The third kappa shape index (κ3) is 3.71. The topological polar surface area (TPSA) is 44.0 Å². The SMILES string of the molecule is CC(C)(C)C(O)C(C#N)c1cccc(C(F)(F)F)c1. The lowest BCUT2D eigenvalue weighted by molar-refractivity contribution is -0.137. The van der Waals surface area contributed by atoms with Crippen LogP contribution in [0.15, 0.2) is 24.3 Å². The molecule has 1 N–H and O–H groups in total. The Labute approximate surface area is 110 Å². The zero-order valence-corrected chi connectivity index (χ0v) is 11.0. The number of benzene rings is 1. The van der Waals surface area contributed by atoms with Crippen LogP contribution in [0.3, 0.4) is 0 Å². The van der Waals surface area contributed by atoms with E-state index in [0.717, 1.165) is 12.1 Å². The smallest absolute Gasteiger partial charge is 0.391 e. The Kier molecular flexibility index (Phi) is 4.26. The Hall–Kier alpha value is -1.54. The van der Waals surface area contributed by atoms with E-state index in [0.29, 0.717) is 0 Å². The number of nitrogens with zero attached hydrogens (tertiary/aromatic N) is 1. The molecule has 0 heterocycles. The molecule has 0 amide bonds. The van der Waals surface area contributed by atoms with Gasteiger partial charge < -0.3 is 5.11 Å². The lowest BCUT2D eigenvalue weighted by atomic mass is 9.79. The van der Waals surface area contributed by atoms with E-state index in [1.807, 2.05) is 6.07 Å². The molecule has 0 saturated heterocycles. The maximum absolute atomic E-state index is 12.6. The average Bonchev–Trinajstić information content (AvgIpc) is 2.28. The van der Waals surface area contributed by atoms with Gasteiger partial charge in [0.25, 0.3) is 0 Å². The Morgan fingerprint density at radius 1 is 1.21 bits per heavy atom. The highest BCUT2D eigenvalue weighted by Gasteiger charge is 2.34. The van der Waals surface area contributed by atoms with Gasteiger partial charge in [-0.3, -0.25) is 0 Å². The second-order valence-corrected chi connectivity index (χ2v) is 5.54. The van der Waals surface area contributed by atoms with Crippen LogP contribution in [0, 0.1) is 16.7 Å². The summed E-state index contributed by atoms with van der Waals surface area (Å²) in [5.74, 6) is -0.984. The minimum atomic E-state index is -4.46. The van der Waals surface area contributed by atoms with Crippen molar-refractivity contribution >= 4 is 0 Å². The molecule has 1 rings (SSSR count). The minimum absolute atomic E-state index is 0.180. The highest BCUT2D eigenvalue weighted by atomic mass is 19.4. The summed E-state index contributed by atoms with van der Waals surface area (Å²) in [4.78, 5) is 0. The van der Waals surface area contributed by atoms with E-state index in [9.17, 15) is 18.3 Å². The maximum atomic E-state index is 12.6. The fraction of sp³-hybridized carbons (Fsp3) is 0.500. The van der Waals surface area contributed by atoms with Crippen molar-refractivity contribution in [3.8, 4) is 6.07 Å². The van der Waals surface area contributed by atoms with E-state index in [-0.39, 0.29) is 5.56 Å². The Balaban J connectivity index is 3.18. The molecule has 2 unspecified atom stereocenters. The zero-order chi connectivity index (χ0) is 14.8. The van der Waals surface area contributed by atoms with Crippen LogP contribution in [0.25, 0.3) is 0 Å². The van der Waals surface area contributed by atoms with Crippen molar-refractivity contribution < 1.29 is 18.3 Å². The molecule has 0 radical (unpaired) electrons. The molecule has 0 aliphatic carbocycles. The monoisotopic (exact) mass is 271 g/mol. The molecule has 2 atom stereocenters. The first kappa shape index (κ1) is 15.5. The van der Waals surface area contributed by atoms with Crippen LogP contribution in [0.4, 0.5) is 13.2 Å². The van der Waals surface area contributed by atoms with Crippen molar-refractivity contribution in [1.82, 2.24) is 0 Å². The number of rotatable bonds is 2. The van der Waals surface area contributed by atoms with Gasteiger partial charge >= 0.3 is 6.18 Å². The van der Waals surface area contributed by atoms with Crippen molar-refractivity contribution in [3.05, 3.63) is 35.4 Å². The van der Waals surface area contributed by atoms with Gasteiger partial charge in [-0.05, 0) is 17.0 Å². The molecule has 0 bridgehead atoms. The summed E-state index contributed by atoms with van der Waals surface area (Å²) < 4.78 is 37.9. The summed E-state index contributed by atoms with van der Waals surface area (Å²) in [5.41, 5.74) is -1.22. The van der Waals surface area contributed by atoms with Gasteiger partial charge in [0.15, 0.2) is 0 Å². The molecule has 19 heavy (non-hydrogen) atoms. The first-order valence-electron chi connectivity index (χ1n) is 5.82. The minimum Gasteiger partial charge on any atom is -0.391 e. The third-order valence-electron chi connectivity index (χ3n) is 2.92. The van der Waals surface area contributed by atoms with E-state index in [4.69, 9.17) is 5.26 Å². The van der Waals surface area contributed by atoms with Crippen LogP contribution in [0.2, 0.25) is 0 Å². The summed E-state index contributed by atoms with van der Waals surface area (Å²) in [6, 6.07) is 6.43. The summed E-state index contributed by atoms with van der Waals surface area (Å²) in [6.45, 7) is 5.20. The van der Waals surface area contributed by atoms with E-state index in [1.54, 1.807) is 20.8 Å². The van der Waals surface area contributed by atoms with Gasteiger partial charge in [0.2, 0.25) is 0 Å². The molecule has 1 aromatic rings. The molecular formula is C14H16F3NO. The molecule has 0 aliphatic heterocycles. The third-order valence-corrected chi connectivity index (χ3v) is 2.92. The van der Waals surface area contributed by atoms with Crippen LogP contribution < -0.4 is 0 Å². The van der Waals surface area contributed by atoms with E-state index < -0.39 is 29.2 Å². The van der Waals surface area contributed by atoms with Crippen molar-refractivity contribution in [2.75, 3.05) is 0 Å². The van der Waals surface area contributed by atoms with Crippen LogP contribution >= 0.6 is 0 Å². The van der Waals surface area contributed by atoms with E-state index in [1.165, 1.54) is 12.1 Å². The fourth-order valence-electron chi connectivity index (χ4n) is 1.74. The zero-order valence-electron chi connectivity index (χ0n) is 11.0. The number of aliphatic hydroxyl groups excluding tert-OH is 1. The lowest BCUT2D eigenvalue weighted by Crippen LogP contribution is -2.32. The summed E-state index contributed by atoms with van der Waals surface area (Å²) in [5, 5.41) is 19.2. The average molecular weight is 271 g/mol. The second kappa shape index (κ2) is 5.22. The van der Waals surface area contributed by atoms with Gasteiger partial charge in [0.05, 0.1) is 23.7 Å². The maximum Gasteiger partial charge on any atom is 0.416 e. The number of hydrogen-bond donors (Lipinski definition) is 1. The molecule has 0 aliphatic rings. The van der Waals surface area contributed by atoms with Crippen LogP contribution in [0.5, 0.6) is 0 Å². The first-order chi connectivity index (χ1) is 8.57. The predicted molar refractivity (Wildman–Crippen MR) is 65.3 cm³/mol. The largest absolute Gasteiger partial charge is 0.416 e. The van der Waals surface area contributed by atoms with Crippen molar-refractivity contribution in [1.29, 1.82) is 5.26 Å². The first-order valence-corrected chi connectivity index (χ1v) is 5.82. The van der Waals surface area contributed by atoms with Crippen molar-refractivity contribution in [3.63, 3.8) is 0 Å². The Bertz CT molecular complexity index is 483. The van der Waals surface area contributed by atoms with E-state index in [2.05, 4.69) is 0 Å². The quantitative estimate of drug-likeness (QED) is 0.890. The lowest BCUT2D eigenvalue weighted by Gasteiger charge is -2.29. The second-order valence-electron chi connectivity index (χ2n) is 5.54. The molecule has 1 aromatic carbocycles. The predicted octanol–water partition coefficient (Wildman–Crippen LogP) is 3.72. The Morgan fingerprint density at radius 2 is 1.79 bits per heavy atom. The molecular weight excluding hydrogens is 255 g/mol. The van der Waals surface area contributed by atoms with Gasteiger partial charge in [-0.2, -0.15) is 18.4 Å². The Morgan fingerprint density at radius 3 is 2.21 bits per heavy atom. The normalized spacial score (nSPS) is 15.7. The van der Waals surface area contributed by atoms with Gasteiger partial charge in [-0.25, -0.2) is 0 Å². The van der Waals surface area contributed by atoms with Crippen LogP contribution in [-0.2, 0) is 6.18 Å². The molecule has 104 valence electrons. The number of hydrogen-bond acceptors (Lipinski definition) is 2. The summed E-state index contributed by atoms with van der Waals surface area (Å²) in [7, 11) is 0. The van der Waals surface area contributed by atoms with Crippen LogP contribution in [0.1, 0.15) is 37.8 Å². The van der Waals surface area contributed by atoms with Gasteiger partial charge in [0, 0.05) is 0 Å². The molecule has 0 saturated carbocycles. The van der Waals surface area contributed by atoms with Gasteiger partial charge in [0.1, 0.15) is 0 Å². The van der Waals surface area contributed by atoms with E-state index >= 15 is 0 Å². The van der Waals surface area contributed by atoms with Gasteiger partial charge in [-0.15, -0.1) is 0 Å². The summed E-state index contributed by atoms with van der Waals surface area (Å²) in [6.07, 6.45) is -5.50. The summed E-state index contributed by atoms with van der Waals surface area (Å²) >= 11 is 0. The molecule has 0 spiro atoms. The molecule has 0 aromatic heterocycles. The van der Waals surface area contributed by atoms with Gasteiger partial charge in [-0.1, -0.05) is 39.0 Å². The number of aliphatic hydroxyl groups is 1. The number of halogens is 3. The molecule has 0 fully saturated rings. The number of nitriles is 1. The standard InChI is InChI=1S/C14H16F3NO/c1-13(2,3)12(19)11(8-18)9-5-4-6-10(7-9)14(15,16)17/h4-7,11-12,19H,1-3H3. The number of alkyl halides is 3. The molecule has 5 heteroatoms. The van der Waals surface area contributed by atoms with Crippen molar-refractivity contribution in [2.45, 2.75) is 39.0 Å². The highest BCUT2D eigenvalue weighted by Crippen LogP contribution is 2.35. The van der Waals surface area contributed by atoms with Crippen LogP contribution in [-0.4, -0.2) is 11.2 Å². The highest BCUT2D eigenvalue weighted by molar-refractivity contribution is 5.32.